The lowest BCUT2D eigenvalue weighted by molar-refractivity contribution is 0.627. The molecule has 0 atom stereocenters. The summed E-state index contributed by atoms with van der Waals surface area (Å²) in [6.45, 7) is 9.32. The minimum absolute atomic E-state index is 0.221. The highest BCUT2D eigenvalue weighted by atomic mass is 19.1. The van der Waals surface area contributed by atoms with Gasteiger partial charge in [-0.25, -0.2) is 8.78 Å². The number of hydrogen-bond donors (Lipinski definition) is 0. The molecule has 0 unspecified atom stereocenters. The zero-order chi connectivity index (χ0) is 50.0. The molecule has 74 heavy (non-hydrogen) atoms. The molecule has 0 aromatic heterocycles. The Morgan fingerprint density at radius 1 is 0.284 bits per heavy atom. The highest BCUT2D eigenvalue weighted by Crippen LogP contribution is 2.58. The normalized spacial score (nSPS) is 13.8. The number of fused-ring (bicyclic) bond motifs is 6. The van der Waals surface area contributed by atoms with Gasteiger partial charge in [0.05, 0.1) is 34.1 Å². The fourth-order valence-corrected chi connectivity index (χ4v) is 12.9. The van der Waals surface area contributed by atoms with Gasteiger partial charge in [-0.3, -0.25) is 0 Å². The van der Waals surface area contributed by atoms with Crippen LogP contribution in [0.2, 0.25) is 0 Å². The summed E-state index contributed by atoms with van der Waals surface area (Å²) < 4.78 is 29.3. The van der Waals surface area contributed by atoms with Gasteiger partial charge in [-0.2, -0.15) is 0 Å². The van der Waals surface area contributed by atoms with Crippen LogP contribution in [-0.4, -0.2) is 0 Å². The quantitative estimate of drug-likeness (QED) is 0.140. The van der Waals surface area contributed by atoms with E-state index in [1.165, 1.54) is 55.3 Å². The zero-order valence-electron chi connectivity index (χ0n) is 41.6. The summed E-state index contributed by atoms with van der Waals surface area (Å²) in [5.74, 6) is -0.534. The first-order valence-electron chi connectivity index (χ1n) is 25.6. The Bertz CT molecular complexity index is 3950. The summed E-state index contributed by atoms with van der Waals surface area (Å²) in [6.07, 6.45) is 0. The standard InChI is InChI=1S/C70H50F2N2/c1-69(2)55-19-9-5-17-51(55)67-57(69)21-13-25-63(67)73(59-23-11-7-15-49(59)43-27-35-47(71)36-28-43)61-41-33-45-32-40-54-62(42-34-46-31-39-53(61)65(45)66(46)54)74(60-24-12-8-16-50(60)44-29-37-48(72)38-30-44)64-26-14-22-58-68(64)52-18-6-10-20-56(52)70(58,3)4/h5-42H,1-4H3. The summed E-state index contributed by atoms with van der Waals surface area (Å²) in [5, 5.41) is 6.87. The first kappa shape index (κ1) is 43.9. The van der Waals surface area contributed by atoms with E-state index < -0.39 is 0 Å². The molecule has 0 heterocycles. The minimum atomic E-state index is -0.267. The van der Waals surface area contributed by atoms with E-state index in [-0.39, 0.29) is 22.5 Å². The van der Waals surface area contributed by atoms with Gasteiger partial charge in [-0.1, -0.05) is 198 Å². The number of benzene rings is 12. The molecular weight excluding hydrogens is 907 g/mol. The third kappa shape index (κ3) is 6.40. The largest absolute Gasteiger partial charge is 0.309 e. The highest BCUT2D eigenvalue weighted by molar-refractivity contribution is 6.28. The molecule has 0 amide bonds. The van der Waals surface area contributed by atoms with E-state index >= 15 is 0 Å². The van der Waals surface area contributed by atoms with E-state index in [2.05, 4.69) is 219 Å². The molecule has 354 valence electrons. The van der Waals surface area contributed by atoms with E-state index in [0.29, 0.717) is 0 Å². The van der Waals surface area contributed by atoms with Gasteiger partial charge in [0.2, 0.25) is 0 Å². The molecule has 2 aliphatic carbocycles. The summed E-state index contributed by atoms with van der Waals surface area (Å²) in [7, 11) is 0. The van der Waals surface area contributed by atoms with Gasteiger partial charge in [-0.15, -0.1) is 0 Å². The first-order valence-corrected chi connectivity index (χ1v) is 25.6. The predicted octanol–water partition coefficient (Wildman–Crippen LogP) is 19.7. The molecule has 0 N–H and O–H groups in total. The zero-order valence-corrected chi connectivity index (χ0v) is 41.6. The Labute approximate surface area is 430 Å². The van der Waals surface area contributed by atoms with Crippen LogP contribution in [0.15, 0.2) is 231 Å². The van der Waals surface area contributed by atoms with Crippen LogP contribution < -0.4 is 9.80 Å². The maximum Gasteiger partial charge on any atom is 0.123 e. The van der Waals surface area contributed by atoms with Crippen LogP contribution in [0.25, 0.3) is 76.8 Å². The third-order valence-corrected chi connectivity index (χ3v) is 16.4. The van der Waals surface area contributed by atoms with Gasteiger partial charge in [0.25, 0.3) is 0 Å². The lowest BCUT2D eigenvalue weighted by Crippen LogP contribution is -2.16. The van der Waals surface area contributed by atoms with Crippen molar-refractivity contribution in [2.45, 2.75) is 38.5 Å². The molecule has 0 fully saturated rings. The van der Waals surface area contributed by atoms with Gasteiger partial charge in [-0.05, 0) is 127 Å². The Morgan fingerprint density at radius 2 is 0.622 bits per heavy atom. The molecule has 2 nitrogen and oxygen atoms in total. The summed E-state index contributed by atoms with van der Waals surface area (Å²) in [4.78, 5) is 4.92. The smallest absolute Gasteiger partial charge is 0.123 e. The SMILES string of the molecule is CC1(C)c2ccccc2-c2c(N(c3ccccc3-c3ccc(F)cc3)c3ccc4ccc5c(N(c6ccccc6-c6ccc(F)cc6)c6cccc7c6-c6ccccc6C7(C)C)ccc6ccc3c4c65)cccc21. The van der Waals surface area contributed by atoms with Crippen molar-refractivity contribution in [2.75, 3.05) is 9.80 Å². The predicted molar refractivity (Wildman–Crippen MR) is 305 cm³/mol. The summed E-state index contributed by atoms with van der Waals surface area (Å²) >= 11 is 0. The van der Waals surface area contributed by atoms with Crippen molar-refractivity contribution in [3.05, 3.63) is 264 Å². The molecular formula is C70H50F2N2. The second kappa shape index (κ2) is 16.3. The Kier molecular flexibility index (Phi) is 9.68. The van der Waals surface area contributed by atoms with Gasteiger partial charge in [0.15, 0.2) is 0 Å². The second-order valence-corrected chi connectivity index (χ2v) is 21.1. The molecule has 0 saturated carbocycles. The van der Waals surface area contributed by atoms with Crippen LogP contribution in [0, 0.1) is 11.6 Å². The fraction of sp³-hybridized carbons (Fsp3) is 0.0857. The van der Waals surface area contributed by atoms with Crippen molar-refractivity contribution in [2.24, 2.45) is 0 Å². The molecule has 0 bridgehead atoms. The van der Waals surface area contributed by atoms with Crippen LogP contribution in [0.3, 0.4) is 0 Å². The van der Waals surface area contributed by atoms with Crippen molar-refractivity contribution >= 4 is 66.4 Å². The van der Waals surface area contributed by atoms with Crippen molar-refractivity contribution in [1.29, 1.82) is 0 Å². The number of halogens is 2. The van der Waals surface area contributed by atoms with Crippen molar-refractivity contribution in [1.82, 2.24) is 0 Å². The lowest BCUT2D eigenvalue weighted by Gasteiger charge is -2.33. The van der Waals surface area contributed by atoms with Crippen molar-refractivity contribution < 1.29 is 8.78 Å². The van der Waals surface area contributed by atoms with Gasteiger partial charge < -0.3 is 9.80 Å². The van der Waals surface area contributed by atoms with Crippen LogP contribution >= 0.6 is 0 Å². The number of hydrogen-bond acceptors (Lipinski definition) is 2. The van der Waals surface area contributed by atoms with E-state index in [1.54, 1.807) is 24.3 Å². The van der Waals surface area contributed by atoms with Gasteiger partial charge >= 0.3 is 0 Å². The monoisotopic (exact) mass is 956 g/mol. The van der Waals surface area contributed by atoms with Crippen LogP contribution in [0.5, 0.6) is 0 Å². The van der Waals surface area contributed by atoms with E-state index in [1.807, 2.05) is 24.3 Å². The average Bonchev–Trinajstić information content (AvgIpc) is 3.88. The Hall–Kier alpha value is -8.86. The molecule has 0 aliphatic heterocycles. The minimum Gasteiger partial charge on any atom is -0.309 e. The molecule has 0 saturated heterocycles. The average molecular weight is 957 g/mol. The maximum absolute atomic E-state index is 14.6. The van der Waals surface area contributed by atoms with Crippen molar-refractivity contribution in [3.63, 3.8) is 0 Å². The van der Waals surface area contributed by atoms with Crippen LogP contribution in [0.1, 0.15) is 49.9 Å². The summed E-state index contributed by atoms with van der Waals surface area (Å²) in [5.41, 5.74) is 19.7. The van der Waals surface area contributed by atoms with Crippen molar-refractivity contribution in [3.8, 4) is 44.5 Å². The molecule has 14 rings (SSSR count). The molecule has 12 aromatic carbocycles. The van der Waals surface area contributed by atoms with Crippen LogP contribution in [0.4, 0.5) is 42.9 Å². The maximum atomic E-state index is 14.6. The molecule has 2 aliphatic rings. The lowest BCUT2D eigenvalue weighted by atomic mass is 9.82. The Morgan fingerprint density at radius 3 is 1.04 bits per heavy atom. The van der Waals surface area contributed by atoms with E-state index in [9.17, 15) is 8.78 Å². The molecule has 4 heteroatoms. The number of para-hydroxylation sites is 2. The topological polar surface area (TPSA) is 6.48 Å². The Balaban J connectivity index is 1.06. The third-order valence-electron chi connectivity index (χ3n) is 16.4. The fourth-order valence-electron chi connectivity index (χ4n) is 12.9. The van der Waals surface area contributed by atoms with Gasteiger partial charge in [0.1, 0.15) is 11.6 Å². The van der Waals surface area contributed by atoms with Gasteiger partial charge in [0, 0.05) is 43.9 Å². The second-order valence-electron chi connectivity index (χ2n) is 21.1. The first-order chi connectivity index (χ1) is 36.1. The number of anilines is 6. The summed E-state index contributed by atoms with van der Waals surface area (Å²) in [6, 6.07) is 80.3. The van der Waals surface area contributed by atoms with E-state index in [0.717, 1.165) is 77.9 Å². The number of rotatable bonds is 8. The highest BCUT2D eigenvalue weighted by Gasteiger charge is 2.40. The molecule has 0 spiro atoms. The molecule has 12 aromatic rings. The molecule has 0 radical (unpaired) electrons. The van der Waals surface area contributed by atoms with Crippen LogP contribution in [-0.2, 0) is 10.8 Å². The van der Waals surface area contributed by atoms with E-state index in [4.69, 9.17) is 0 Å². The number of nitrogens with zero attached hydrogens (tertiary/aromatic N) is 2.